The molecule has 2 heterocycles. The largest absolute Gasteiger partial charge is 0.309 e. The lowest BCUT2D eigenvalue weighted by Crippen LogP contribution is -2.15. The Balaban J connectivity index is 1.07. The van der Waals surface area contributed by atoms with Gasteiger partial charge in [-0.2, -0.15) is 0 Å². The van der Waals surface area contributed by atoms with Crippen LogP contribution in [-0.2, 0) is 5.41 Å². The first-order valence-corrected chi connectivity index (χ1v) is 17.7. The van der Waals surface area contributed by atoms with Gasteiger partial charge in [-0.05, 0) is 92.7 Å². The highest BCUT2D eigenvalue weighted by atomic mass is 15.1. The van der Waals surface area contributed by atoms with Crippen molar-refractivity contribution >= 4 is 43.6 Å². The van der Waals surface area contributed by atoms with E-state index in [1.807, 2.05) is 0 Å². The Morgan fingerprint density at radius 3 is 2.04 bits per heavy atom. The maximum Gasteiger partial charge on any atom is 0.145 e. The third-order valence-corrected chi connectivity index (χ3v) is 11.3. The standard InChI is InChI=1S/C48H33N3/c1-48(2)39-15-7-6-14-36(39)37-26-24-34(29-40(37)48)50-43-18-10-13-31-21-25-38-35(27-28-44(50)46(38)45(31)43)30-19-22-33(23-20-30)51-42-17-9-8-16-41(42)49-47(51)32-11-4-3-5-12-32/h3-29H,1-2H3. The van der Waals surface area contributed by atoms with Crippen molar-refractivity contribution in [2.75, 3.05) is 0 Å². The summed E-state index contributed by atoms with van der Waals surface area (Å²) >= 11 is 0. The summed E-state index contributed by atoms with van der Waals surface area (Å²) in [6.45, 7) is 4.72. The fourth-order valence-electron chi connectivity index (χ4n) is 8.91. The number of rotatable bonds is 4. The molecule has 0 spiro atoms. The van der Waals surface area contributed by atoms with Crippen molar-refractivity contribution in [3.8, 4) is 45.0 Å². The number of hydrogen-bond donors (Lipinski definition) is 0. The van der Waals surface area contributed by atoms with Gasteiger partial charge in [0.15, 0.2) is 0 Å². The lowest BCUT2D eigenvalue weighted by atomic mass is 9.82. The number of imidazole rings is 1. The SMILES string of the molecule is CC1(C)c2ccccc2-c2ccc(-n3c4cccc5ccc6c(-c7ccc(-n8c(-c9ccccc9)nc9ccccc98)cc7)ccc3c6c54)cc21. The van der Waals surface area contributed by atoms with Crippen LogP contribution in [0.15, 0.2) is 164 Å². The molecule has 0 saturated carbocycles. The highest BCUT2D eigenvalue weighted by Crippen LogP contribution is 2.50. The molecule has 51 heavy (non-hydrogen) atoms. The van der Waals surface area contributed by atoms with Gasteiger partial charge in [0.1, 0.15) is 5.82 Å². The van der Waals surface area contributed by atoms with Crippen LogP contribution in [-0.4, -0.2) is 14.1 Å². The molecule has 8 aromatic carbocycles. The summed E-state index contributed by atoms with van der Waals surface area (Å²) in [7, 11) is 0. The van der Waals surface area contributed by atoms with Crippen LogP contribution in [0.2, 0.25) is 0 Å². The van der Waals surface area contributed by atoms with Gasteiger partial charge in [-0.1, -0.05) is 129 Å². The molecule has 0 saturated heterocycles. The molecule has 1 aliphatic rings. The second-order valence-electron chi connectivity index (χ2n) is 14.4. The van der Waals surface area contributed by atoms with Crippen LogP contribution in [0.3, 0.4) is 0 Å². The predicted molar refractivity (Wildman–Crippen MR) is 213 cm³/mol. The molecule has 0 aliphatic heterocycles. The average Bonchev–Trinajstić information content (AvgIpc) is 3.81. The van der Waals surface area contributed by atoms with Crippen LogP contribution in [0.25, 0.3) is 88.6 Å². The molecule has 3 heteroatoms. The molecule has 1 aliphatic carbocycles. The molecule has 10 aromatic rings. The van der Waals surface area contributed by atoms with Crippen LogP contribution in [0, 0.1) is 0 Å². The van der Waals surface area contributed by atoms with Crippen molar-refractivity contribution in [3.63, 3.8) is 0 Å². The lowest BCUT2D eigenvalue weighted by Gasteiger charge is -2.22. The normalized spacial score (nSPS) is 13.5. The molecule has 2 aromatic heterocycles. The van der Waals surface area contributed by atoms with Crippen LogP contribution in [0.4, 0.5) is 0 Å². The summed E-state index contributed by atoms with van der Waals surface area (Å²) in [5.74, 6) is 0.947. The average molecular weight is 652 g/mol. The predicted octanol–water partition coefficient (Wildman–Crippen LogP) is 12.4. The molecular formula is C48H33N3. The molecule has 0 unspecified atom stereocenters. The highest BCUT2D eigenvalue weighted by molar-refractivity contribution is 6.26. The molecule has 0 fully saturated rings. The third-order valence-electron chi connectivity index (χ3n) is 11.3. The first-order valence-electron chi connectivity index (χ1n) is 17.7. The Bertz CT molecular complexity index is 2980. The van der Waals surface area contributed by atoms with Gasteiger partial charge in [0.2, 0.25) is 0 Å². The van der Waals surface area contributed by atoms with E-state index in [9.17, 15) is 0 Å². The molecular weight excluding hydrogens is 619 g/mol. The van der Waals surface area contributed by atoms with E-state index in [1.54, 1.807) is 0 Å². The molecule has 0 N–H and O–H groups in total. The zero-order chi connectivity index (χ0) is 33.8. The minimum atomic E-state index is -0.0588. The van der Waals surface area contributed by atoms with Crippen LogP contribution >= 0.6 is 0 Å². The van der Waals surface area contributed by atoms with Gasteiger partial charge in [0.05, 0.1) is 22.1 Å². The summed E-state index contributed by atoms with van der Waals surface area (Å²) in [5.41, 5.74) is 15.8. The smallest absolute Gasteiger partial charge is 0.145 e. The maximum absolute atomic E-state index is 5.05. The quantitative estimate of drug-likeness (QED) is 0.174. The Morgan fingerprint density at radius 1 is 0.451 bits per heavy atom. The summed E-state index contributed by atoms with van der Waals surface area (Å²) < 4.78 is 4.75. The molecule has 0 radical (unpaired) electrons. The van der Waals surface area contributed by atoms with Crippen LogP contribution < -0.4 is 0 Å². The highest BCUT2D eigenvalue weighted by Gasteiger charge is 2.35. The van der Waals surface area contributed by atoms with Gasteiger partial charge >= 0.3 is 0 Å². The van der Waals surface area contributed by atoms with Gasteiger partial charge in [-0.15, -0.1) is 0 Å². The lowest BCUT2D eigenvalue weighted by molar-refractivity contribution is 0.660. The monoisotopic (exact) mass is 651 g/mol. The van der Waals surface area contributed by atoms with Gasteiger partial charge in [0.25, 0.3) is 0 Å². The number of nitrogens with zero attached hydrogens (tertiary/aromatic N) is 3. The van der Waals surface area contributed by atoms with E-state index in [1.165, 1.54) is 71.6 Å². The minimum absolute atomic E-state index is 0.0588. The van der Waals surface area contributed by atoms with Gasteiger partial charge in [-0.3, -0.25) is 4.57 Å². The van der Waals surface area contributed by atoms with E-state index in [4.69, 9.17) is 4.98 Å². The number of fused-ring (bicyclic) bond motifs is 4. The second kappa shape index (κ2) is 10.3. The molecule has 240 valence electrons. The zero-order valence-electron chi connectivity index (χ0n) is 28.4. The van der Waals surface area contributed by atoms with Crippen molar-refractivity contribution in [2.24, 2.45) is 0 Å². The van der Waals surface area contributed by atoms with Crippen LogP contribution in [0.1, 0.15) is 25.0 Å². The van der Waals surface area contributed by atoms with E-state index in [2.05, 4.69) is 187 Å². The van der Waals surface area contributed by atoms with Crippen LogP contribution in [0.5, 0.6) is 0 Å². The van der Waals surface area contributed by atoms with E-state index in [0.29, 0.717) is 0 Å². The Kier molecular flexibility index (Phi) is 5.73. The minimum Gasteiger partial charge on any atom is -0.309 e. The molecule has 0 bridgehead atoms. The summed E-state index contributed by atoms with van der Waals surface area (Å²) in [6, 6.07) is 59.8. The first kappa shape index (κ1) is 28.4. The first-order chi connectivity index (χ1) is 25.1. The molecule has 3 nitrogen and oxygen atoms in total. The summed E-state index contributed by atoms with van der Waals surface area (Å²) in [6.07, 6.45) is 0. The zero-order valence-corrected chi connectivity index (χ0v) is 28.4. The Labute approximate surface area is 296 Å². The van der Waals surface area contributed by atoms with E-state index in [-0.39, 0.29) is 5.41 Å². The third kappa shape index (κ3) is 3.92. The summed E-state index contributed by atoms with van der Waals surface area (Å²) in [4.78, 5) is 5.05. The van der Waals surface area contributed by atoms with Crippen molar-refractivity contribution in [1.29, 1.82) is 0 Å². The van der Waals surface area contributed by atoms with Crippen molar-refractivity contribution in [2.45, 2.75) is 19.3 Å². The number of benzene rings is 8. The van der Waals surface area contributed by atoms with Gasteiger partial charge < -0.3 is 4.57 Å². The van der Waals surface area contributed by atoms with E-state index < -0.39 is 0 Å². The van der Waals surface area contributed by atoms with E-state index in [0.717, 1.165) is 28.1 Å². The number of hydrogen-bond acceptors (Lipinski definition) is 1. The van der Waals surface area contributed by atoms with Gasteiger partial charge in [-0.25, -0.2) is 4.98 Å². The Morgan fingerprint density at radius 2 is 1.16 bits per heavy atom. The fraction of sp³-hybridized carbons (Fsp3) is 0.0625. The summed E-state index contributed by atoms with van der Waals surface area (Å²) in [5, 5.41) is 5.18. The van der Waals surface area contributed by atoms with Crippen molar-refractivity contribution < 1.29 is 0 Å². The molecule has 11 rings (SSSR count). The molecule has 0 amide bonds. The fourth-order valence-corrected chi connectivity index (χ4v) is 8.91. The molecule has 0 atom stereocenters. The second-order valence-corrected chi connectivity index (χ2v) is 14.4. The van der Waals surface area contributed by atoms with E-state index >= 15 is 0 Å². The maximum atomic E-state index is 5.05. The number of para-hydroxylation sites is 2. The topological polar surface area (TPSA) is 22.8 Å². The van der Waals surface area contributed by atoms with Crippen molar-refractivity contribution in [3.05, 3.63) is 175 Å². The van der Waals surface area contributed by atoms with Gasteiger partial charge in [0, 0.05) is 33.1 Å². The number of aromatic nitrogens is 3. The Hall–Kier alpha value is -6.45. The van der Waals surface area contributed by atoms with Crippen molar-refractivity contribution in [1.82, 2.24) is 14.1 Å².